The summed E-state index contributed by atoms with van der Waals surface area (Å²) in [6, 6.07) is 90.8. The fourth-order valence-electron chi connectivity index (χ4n) is 10.7. The van der Waals surface area contributed by atoms with Crippen molar-refractivity contribution in [3.05, 3.63) is 277 Å². The zero-order chi connectivity index (χ0) is 45.7. The van der Waals surface area contributed by atoms with Gasteiger partial charge in [0.1, 0.15) is 0 Å². The van der Waals surface area contributed by atoms with Crippen molar-refractivity contribution in [1.82, 2.24) is 19.9 Å². The molecule has 4 heteroatoms. The van der Waals surface area contributed by atoms with Gasteiger partial charge in [-0.15, -0.1) is 0 Å². The lowest BCUT2D eigenvalue weighted by Crippen LogP contribution is -2.28. The molecule has 12 aromatic rings. The number of hydrogen-bond acceptors (Lipinski definition) is 4. The molecule has 0 fully saturated rings. The summed E-state index contributed by atoms with van der Waals surface area (Å²) in [7, 11) is 0. The second-order valence-electron chi connectivity index (χ2n) is 17.7. The molecule has 0 saturated carbocycles. The van der Waals surface area contributed by atoms with Crippen molar-refractivity contribution in [1.29, 1.82) is 0 Å². The average molecular weight is 879 g/mol. The number of fused-ring (bicyclic) bond motifs is 6. The summed E-state index contributed by atoms with van der Waals surface area (Å²) in [4.78, 5) is 20.8. The van der Waals surface area contributed by atoms with E-state index in [2.05, 4.69) is 218 Å². The third kappa shape index (κ3) is 6.76. The van der Waals surface area contributed by atoms with Crippen LogP contribution in [-0.4, -0.2) is 19.9 Å². The molecule has 4 nitrogen and oxygen atoms in total. The number of para-hydroxylation sites is 1. The highest BCUT2D eigenvalue weighted by Crippen LogP contribution is 2.58. The number of rotatable bonds is 8. The lowest BCUT2D eigenvalue weighted by atomic mass is 9.67. The minimum atomic E-state index is -0.537. The van der Waals surface area contributed by atoms with Crippen LogP contribution < -0.4 is 0 Å². The molecule has 13 rings (SSSR count). The first-order valence-corrected chi connectivity index (χ1v) is 23.5. The van der Waals surface area contributed by atoms with Crippen LogP contribution in [0.2, 0.25) is 0 Å². The van der Waals surface area contributed by atoms with Crippen molar-refractivity contribution in [3.8, 4) is 78.8 Å². The van der Waals surface area contributed by atoms with Crippen molar-refractivity contribution >= 4 is 21.7 Å². The summed E-state index contributed by atoms with van der Waals surface area (Å²) in [5.41, 5.74) is 17.0. The Balaban J connectivity index is 1.05. The quantitative estimate of drug-likeness (QED) is 0.143. The molecule has 2 heterocycles. The standard InChI is InChI=1S/C65H42N4/c1-5-20-45(21-6-1)62-67-63(46-22-7-2-8-23-46)69-64(68-62)49-41-47(43-36-38-44(39-37-43)61-55-30-14-13-28-53(55)54-29-16-18-35-59(54)66-61)40-48(42-49)52-32-19-34-58-60(52)56-31-15-17-33-57(56)65(58,50-24-9-3-10-25-50)51-26-11-4-12-27-51/h1-42H. The normalized spacial score (nSPS) is 12.5. The maximum atomic E-state index is 5.26. The summed E-state index contributed by atoms with van der Waals surface area (Å²) in [6.07, 6.45) is 0. The van der Waals surface area contributed by atoms with E-state index in [1.807, 2.05) is 36.4 Å². The van der Waals surface area contributed by atoms with Gasteiger partial charge in [0.15, 0.2) is 17.5 Å². The predicted octanol–water partition coefficient (Wildman–Crippen LogP) is 15.9. The Hall–Kier alpha value is -9.12. The molecule has 2 aromatic heterocycles. The molecule has 322 valence electrons. The minimum Gasteiger partial charge on any atom is -0.247 e. The molecule has 0 N–H and O–H groups in total. The van der Waals surface area contributed by atoms with Crippen LogP contribution in [0, 0.1) is 0 Å². The van der Waals surface area contributed by atoms with Crippen LogP contribution in [0.5, 0.6) is 0 Å². The van der Waals surface area contributed by atoms with E-state index in [4.69, 9.17) is 19.9 Å². The maximum Gasteiger partial charge on any atom is 0.164 e. The third-order valence-corrected chi connectivity index (χ3v) is 13.8. The van der Waals surface area contributed by atoms with Crippen LogP contribution >= 0.6 is 0 Å². The van der Waals surface area contributed by atoms with Gasteiger partial charge in [-0.25, -0.2) is 19.9 Å². The largest absolute Gasteiger partial charge is 0.247 e. The third-order valence-electron chi connectivity index (χ3n) is 13.8. The number of aromatic nitrogens is 4. The van der Waals surface area contributed by atoms with Gasteiger partial charge >= 0.3 is 0 Å². The monoisotopic (exact) mass is 878 g/mol. The smallest absolute Gasteiger partial charge is 0.164 e. The molecule has 10 aromatic carbocycles. The van der Waals surface area contributed by atoms with Crippen LogP contribution in [0.3, 0.4) is 0 Å². The highest BCUT2D eigenvalue weighted by atomic mass is 15.0. The van der Waals surface area contributed by atoms with Gasteiger partial charge in [-0.3, -0.25) is 0 Å². The molecule has 0 unspecified atom stereocenters. The van der Waals surface area contributed by atoms with Crippen molar-refractivity contribution in [2.75, 3.05) is 0 Å². The van der Waals surface area contributed by atoms with E-state index in [0.717, 1.165) is 66.5 Å². The molecule has 1 aliphatic carbocycles. The van der Waals surface area contributed by atoms with Gasteiger partial charge < -0.3 is 0 Å². The lowest BCUT2D eigenvalue weighted by Gasteiger charge is -2.34. The first-order valence-electron chi connectivity index (χ1n) is 23.5. The van der Waals surface area contributed by atoms with E-state index in [0.29, 0.717) is 17.5 Å². The van der Waals surface area contributed by atoms with Crippen molar-refractivity contribution in [2.45, 2.75) is 5.41 Å². The molecule has 0 spiro atoms. The predicted molar refractivity (Wildman–Crippen MR) is 283 cm³/mol. The zero-order valence-corrected chi connectivity index (χ0v) is 37.5. The Morgan fingerprint density at radius 2 is 0.725 bits per heavy atom. The molecule has 0 amide bonds. The van der Waals surface area contributed by atoms with Crippen LogP contribution in [0.25, 0.3) is 100 Å². The number of hydrogen-bond donors (Lipinski definition) is 0. The average Bonchev–Trinajstić information content (AvgIpc) is 3.75. The second kappa shape index (κ2) is 16.6. The van der Waals surface area contributed by atoms with E-state index in [1.165, 1.54) is 38.8 Å². The summed E-state index contributed by atoms with van der Waals surface area (Å²) in [5, 5.41) is 3.48. The topological polar surface area (TPSA) is 51.6 Å². The van der Waals surface area contributed by atoms with Crippen molar-refractivity contribution in [3.63, 3.8) is 0 Å². The van der Waals surface area contributed by atoms with Crippen LogP contribution in [-0.2, 0) is 5.41 Å². The van der Waals surface area contributed by atoms with Gasteiger partial charge in [-0.2, -0.15) is 0 Å². The SMILES string of the molecule is c1ccc(-c2nc(-c3ccccc3)nc(-c3cc(-c4ccc(-c5nc6ccccc6c6ccccc56)cc4)cc(-c4cccc5c4-c4ccccc4C5(c4ccccc4)c4ccccc4)c3)n2)cc1. The first-order chi connectivity index (χ1) is 34.2. The molecular formula is C65H42N4. The van der Waals surface area contributed by atoms with E-state index < -0.39 is 5.41 Å². The molecule has 69 heavy (non-hydrogen) atoms. The lowest BCUT2D eigenvalue weighted by molar-refractivity contribution is 0.768. The Kier molecular flexibility index (Phi) is 9.69. The Labute approximate surface area is 401 Å². The van der Waals surface area contributed by atoms with E-state index in [9.17, 15) is 0 Å². The molecule has 1 aliphatic rings. The van der Waals surface area contributed by atoms with Crippen molar-refractivity contribution in [2.24, 2.45) is 0 Å². The van der Waals surface area contributed by atoms with Crippen LogP contribution in [0.4, 0.5) is 0 Å². The van der Waals surface area contributed by atoms with Gasteiger partial charge in [0, 0.05) is 33.0 Å². The molecule has 0 radical (unpaired) electrons. The molecule has 0 bridgehead atoms. The van der Waals surface area contributed by atoms with Gasteiger partial charge in [0.25, 0.3) is 0 Å². The molecule has 0 atom stereocenters. The minimum absolute atomic E-state index is 0.537. The van der Waals surface area contributed by atoms with Gasteiger partial charge in [-0.1, -0.05) is 231 Å². The van der Waals surface area contributed by atoms with Gasteiger partial charge in [0.2, 0.25) is 0 Å². The van der Waals surface area contributed by atoms with Crippen LogP contribution in [0.1, 0.15) is 22.3 Å². The first kappa shape index (κ1) is 40.2. The Bertz CT molecular complexity index is 3770. The highest BCUT2D eigenvalue weighted by molar-refractivity contribution is 6.11. The number of nitrogens with zero attached hydrogens (tertiary/aromatic N) is 4. The number of benzene rings is 10. The maximum absolute atomic E-state index is 5.26. The summed E-state index contributed by atoms with van der Waals surface area (Å²) in [5.74, 6) is 1.84. The zero-order valence-electron chi connectivity index (χ0n) is 37.5. The van der Waals surface area contributed by atoms with E-state index in [1.54, 1.807) is 0 Å². The second-order valence-corrected chi connectivity index (χ2v) is 17.7. The summed E-state index contributed by atoms with van der Waals surface area (Å²) < 4.78 is 0. The highest BCUT2D eigenvalue weighted by Gasteiger charge is 2.46. The summed E-state index contributed by atoms with van der Waals surface area (Å²) in [6.45, 7) is 0. The molecule has 0 saturated heterocycles. The number of pyridine rings is 1. The van der Waals surface area contributed by atoms with E-state index in [-0.39, 0.29) is 0 Å². The van der Waals surface area contributed by atoms with Gasteiger partial charge in [0.05, 0.1) is 16.6 Å². The fourth-order valence-corrected chi connectivity index (χ4v) is 10.7. The fraction of sp³-hybridized carbons (Fsp3) is 0.0154. The van der Waals surface area contributed by atoms with Crippen LogP contribution in [0.15, 0.2) is 255 Å². The Morgan fingerprint density at radius 1 is 0.261 bits per heavy atom. The summed E-state index contributed by atoms with van der Waals surface area (Å²) >= 11 is 0. The molecular weight excluding hydrogens is 837 g/mol. The van der Waals surface area contributed by atoms with Gasteiger partial charge in [-0.05, 0) is 85.3 Å². The van der Waals surface area contributed by atoms with Crippen molar-refractivity contribution < 1.29 is 0 Å². The van der Waals surface area contributed by atoms with E-state index >= 15 is 0 Å². The Morgan fingerprint density at radius 3 is 1.38 bits per heavy atom. The molecule has 0 aliphatic heterocycles.